The normalized spacial score (nSPS) is 18.7. The Bertz CT molecular complexity index is 1150. The van der Waals surface area contributed by atoms with Gasteiger partial charge in [-0.1, -0.05) is 58.2 Å². The minimum absolute atomic E-state index is 0.0850. The number of halogens is 9. The zero-order valence-corrected chi connectivity index (χ0v) is 20.6. The summed E-state index contributed by atoms with van der Waals surface area (Å²) in [5, 5.41) is 1.22. The first-order chi connectivity index (χ1) is 15.7. The van der Waals surface area contributed by atoms with Crippen molar-refractivity contribution in [3.05, 3.63) is 67.1 Å². The molecule has 1 N–H and O–H groups in total. The van der Waals surface area contributed by atoms with Crippen LogP contribution in [-0.4, -0.2) is 24.3 Å². The lowest BCUT2D eigenvalue weighted by Crippen LogP contribution is -2.44. The van der Waals surface area contributed by atoms with E-state index in [1.165, 1.54) is 0 Å². The molecule has 3 rings (SSSR count). The lowest BCUT2D eigenvalue weighted by atomic mass is 9.76. The molecule has 0 saturated heterocycles. The van der Waals surface area contributed by atoms with Gasteiger partial charge in [0.25, 0.3) is 0 Å². The summed E-state index contributed by atoms with van der Waals surface area (Å²) in [6.45, 7) is 1.12. The van der Waals surface area contributed by atoms with Gasteiger partial charge in [0.05, 0.1) is 22.2 Å². The molecule has 34 heavy (non-hydrogen) atoms. The van der Waals surface area contributed by atoms with Crippen molar-refractivity contribution < 1.29 is 31.1 Å². The van der Waals surface area contributed by atoms with Gasteiger partial charge < -0.3 is 5.32 Å². The van der Waals surface area contributed by atoms with E-state index in [9.17, 15) is 31.1 Å². The molecule has 1 atom stereocenters. The SMILES string of the molecule is CCC(=O)NCc1ccc(C2=NCC(c3cc(Cl)c(Cl)c(C(F)(F)F)c3)(C(F)(F)F)C2)cc1Br. The van der Waals surface area contributed by atoms with Crippen molar-refractivity contribution >= 4 is 50.8 Å². The van der Waals surface area contributed by atoms with E-state index >= 15 is 0 Å². The molecule has 0 aliphatic carbocycles. The maximum atomic E-state index is 14.3. The summed E-state index contributed by atoms with van der Waals surface area (Å²) in [5.74, 6) is -0.161. The number of carbonyl (C=O) groups excluding carboxylic acids is 1. The maximum absolute atomic E-state index is 14.3. The summed E-state index contributed by atoms with van der Waals surface area (Å²) >= 11 is 14.8. The Labute approximate surface area is 209 Å². The molecule has 1 aliphatic heterocycles. The highest BCUT2D eigenvalue weighted by Crippen LogP contribution is 2.50. The average Bonchev–Trinajstić information content (AvgIpc) is 3.20. The van der Waals surface area contributed by atoms with Gasteiger partial charge in [0, 0.05) is 29.6 Å². The van der Waals surface area contributed by atoms with E-state index in [4.69, 9.17) is 23.2 Å². The van der Waals surface area contributed by atoms with Crippen LogP contribution in [0, 0.1) is 0 Å². The molecular weight excluding hydrogens is 573 g/mol. The first kappa shape index (κ1) is 26.8. The Hall–Kier alpha value is -1.78. The predicted octanol–water partition coefficient (Wildman–Crippen LogP) is 7.49. The van der Waals surface area contributed by atoms with Gasteiger partial charge in [0.1, 0.15) is 5.41 Å². The number of rotatable bonds is 5. The molecule has 0 fully saturated rings. The van der Waals surface area contributed by atoms with Crippen molar-refractivity contribution in [3.63, 3.8) is 0 Å². The number of alkyl halides is 6. The second-order valence-electron chi connectivity index (χ2n) is 7.77. The Morgan fingerprint density at radius 3 is 2.38 bits per heavy atom. The molecule has 0 aromatic heterocycles. The molecule has 1 heterocycles. The molecule has 0 radical (unpaired) electrons. The van der Waals surface area contributed by atoms with Gasteiger partial charge in [-0.2, -0.15) is 26.3 Å². The maximum Gasteiger partial charge on any atom is 0.417 e. The molecule has 0 saturated carbocycles. The monoisotopic (exact) mass is 588 g/mol. The number of carbonyl (C=O) groups is 1. The van der Waals surface area contributed by atoms with Crippen LogP contribution in [0.15, 0.2) is 39.8 Å². The van der Waals surface area contributed by atoms with Gasteiger partial charge in [-0.15, -0.1) is 0 Å². The second kappa shape index (κ2) is 9.70. The van der Waals surface area contributed by atoms with E-state index in [0.29, 0.717) is 28.1 Å². The number of nitrogens with one attached hydrogen (secondary N) is 1. The van der Waals surface area contributed by atoms with E-state index < -0.39 is 51.9 Å². The highest BCUT2D eigenvalue weighted by Gasteiger charge is 2.59. The summed E-state index contributed by atoms with van der Waals surface area (Å²) in [4.78, 5) is 15.5. The number of nitrogens with zero attached hydrogens (tertiary/aromatic N) is 1. The average molecular weight is 590 g/mol. The molecule has 2 aromatic carbocycles. The standard InChI is InChI=1S/C22H17BrCl2F6N2O/c1-2-18(34)32-9-12-4-3-11(5-15(12)23)17-8-20(10-33-17,22(29,30)31)13-6-14(21(26,27)28)19(25)16(24)7-13/h3-7H,2,8-10H2,1H3,(H,32,34). The summed E-state index contributed by atoms with van der Waals surface area (Å²) in [6, 6.07) is 5.97. The molecule has 1 aliphatic rings. The third-order valence-electron chi connectivity index (χ3n) is 5.62. The van der Waals surface area contributed by atoms with Gasteiger partial charge in [0.2, 0.25) is 5.91 Å². The quantitative estimate of drug-likeness (QED) is 0.361. The fraction of sp³-hybridized carbons (Fsp3) is 0.364. The highest BCUT2D eigenvalue weighted by atomic mass is 79.9. The van der Waals surface area contributed by atoms with Crippen LogP contribution in [0.5, 0.6) is 0 Å². The van der Waals surface area contributed by atoms with Gasteiger partial charge >= 0.3 is 12.4 Å². The third-order valence-corrected chi connectivity index (χ3v) is 7.16. The van der Waals surface area contributed by atoms with E-state index in [1.54, 1.807) is 25.1 Å². The number of benzene rings is 2. The minimum Gasteiger partial charge on any atom is -0.352 e. The van der Waals surface area contributed by atoms with Gasteiger partial charge in [-0.25, -0.2) is 0 Å². The summed E-state index contributed by atoms with van der Waals surface area (Å²) in [6.07, 6.45) is -10.3. The fourth-order valence-corrected chi connectivity index (χ4v) is 4.58. The van der Waals surface area contributed by atoms with Crippen molar-refractivity contribution in [2.24, 2.45) is 4.99 Å². The molecule has 0 bridgehead atoms. The number of aliphatic imine (C=N–C) groups is 1. The summed E-state index contributed by atoms with van der Waals surface area (Å²) in [5.41, 5.74) is -3.63. The first-order valence-corrected chi connectivity index (χ1v) is 11.5. The summed E-state index contributed by atoms with van der Waals surface area (Å²) in [7, 11) is 0. The van der Waals surface area contributed by atoms with Gasteiger partial charge in [0.15, 0.2) is 0 Å². The van der Waals surface area contributed by atoms with Crippen LogP contribution in [0.25, 0.3) is 0 Å². The fourth-order valence-electron chi connectivity index (χ4n) is 3.63. The largest absolute Gasteiger partial charge is 0.417 e. The predicted molar refractivity (Wildman–Crippen MR) is 121 cm³/mol. The van der Waals surface area contributed by atoms with E-state index in [2.05, 4.69) is 26.2 Å². The number of hydrogen-bond acceptors (Lipinski definition) is 2. The third kappa shape index (κ3) is 5.23. The first-order valence-electron chi connectivity index (χ1n) is 9.92. The summed E-state index contributed by atoms with van der Waals surface area (Å²) < 4.78 is 83.7. The lowest BCUT2D eigenvalue weighted by molar-refractivity contribution is -0.184. The molecule has 3 nitrogen and oxygen atoms in total. The van der Waals surface area contributed by atoms with Crippen LogP contribution in [-0.2, 0) is 22.9 Å². The molecule has 1 unspecified atom stereocenters. The van der Waals surface area contributed by atoms with Crippen LogP contribution in [0.2, 0.25) is 10.0 Å². The van der Waals surface area contributed by atoms with Crippen LogP contribution in [0.1, 0.15) is 42.0 Å². The number of hydrogen-bond donors (Lipinski definition) is 1. The molecule has 12 heteroatoms. The molecule has 0 spiro atoms. The molecule has 2 aromatic rings. The zero-order chi connectivity index (χ0) is 25.5. The van der Waals surface area contributed by atoms with E-state index in [0.717, 1.165) is 6.07 Å². The molecule has 1 amide bonds. The van der Waals surface area contributed by atoms with Crippen molar-refractivity contribution in [2.75, 3.05) is 6.54 Å². The van der Waals surface area contributed by atoms with Crippen molar-refractivity contribution in [3.8, 4) is 0 Å². The molecular formula is C22H17BrCl2F6N2O. The number of amides is 1. The van der Waals surface area contributed by atoms with Gasteiger partial charge in [-0.3, -0.25) is 9.79 Å². The van der Waals surface area contributed by atoms with Crippen LogP contribution in [0.3, 0.4) is 0 Å². The molecule has 184 valence electrons. The Kier molecular flexibility index (Phi) is 7.65. The zero-order valence-electron chi connectivity index (χ0n) is 17.5. The Morgan fingerprint density at radius 2 is 1.82 bits per heavy atom. The Morgan fingerprint density at radius 1 is 1.15 bits per heavy atom. The highest BCUT2D eigenvalue weighted by molar-refractivity contribution is 9.10. The van der Waals surface area contributed by atoms with E-state index in [1.807, 2.05) is 0 Å². The van der Waals surface area contributed by atoms with Gasteiger partial charge in [-0.05, 0) is 34.9 Å². The van der Waals surface area contributed by atoms with Crippen molar-refractivity contribution in [1.29, 1.82) is 0 Å². The Balaban J connectivity index is 1.97. The minimum atomic E-state index is -4.99. The van der Waals surface area contributed by atoms with E-state index in [-0.39, 0.29) is 18.2 Å². The van der Waals surface area contributed by atoms with Crippen molar-refractivity contribution in [2.45, 2.75) is 44.1 Å². The van der Waals surface area contributed by atoms with Crippen LogP contribution >= 0.6 is 39.1 Å². The smallest absolute Gasteiger partial charge is 0.352 e. The lowest BCUT2D eigenvalue weighted by Gasteiger charge is -2.32. The van der Waals surface area contributed by atoms with Crippen LogP contribution in [0.4, 0.5) is 26.3 Å². The van der Waals surface area contributed by atoms with Crippen molar-refractivity contribution in [1.82, 2.24) is 5.32 Å². The van der Waals surface area contributed by atoms with Crippen LogP contribution < -0.4 is 5.32 Å². The topological polar surface area (TPSA) is 41.5 Å². The second-order valence-corrected chi connectivity index (χ2v) is 9.41.